The van der Waals surface area contributed by atoms with Gasteiger partial charge in [0.15, 0.2) is 0 Å². The van der Waals surface area contributed by atoms with Gasteiger partial charge in [0.05, 0.1) is 8.07 Å². The Labute approximate surface area is 99.5 Å². The first kappa shape index (κ1) is 13.5. The molecule has 0 aliphatic rings. The molecule has 0 aliphatic carbocycles. The number of benzene rings is 1. The van der Waals surface area contributed by atoms with Crippen molar-refractivity contribution in [2.75, 3.05) is 0 Å². The molecule has 1 aromatic rings. The third kappa shape index (κ3) is 2.56. The van der Waals surface area contributed by atoms with Crippen LogP contribution in [0.1, 0.15) is 20.8 Å². The molecule has 0 bridgehead atoms. The van der Waals surface area contributed by atoms with Gasteiger partial charge in [-0.25, -0.2) is 0 Å². The second-order valence-corrected chi connectivity index (χ2v) is 11.2. The molecule has 0 spiro atoms. The topological polar surface area (TPSA) is 40.5 Å². The van der Waals surface area contributed by atoms with E-state index >= 15 is 0 Å². The lowest BCUT2D eigenvalue weighted by molar-refractivity contribution is 0.426. The van der Waals surface area contributed by atoms with Crippen LogP contribution in [-0.4, -0.2) is 25.2 Å². The molecule has 2 N–H and O–H groups in total. The molecule has 4 heteroatoms. The zero-order chi connectivity index (χ0) is 12.6. The summed E-state index contributed by atoms with van der Waals surface area (Å²) in [7, 11) is -2.87. The molecule has 0 unspecified atom stereocenters. The van der Waals surface area contributed by atoms with Crippen molar-refractivity contribution in [3.8, 4) is 0 Å². The third-order valence-corrected chi connectivity index (χ3v) is 9.33. The smallest absolute Gasteiger partial charge is 0.423 e. The average Bonchev–Trinajstić information content (AvgIpc) is 2.16. The van der Waals surface area contributed by atoms with Crippen LogP contribution in [0.25, 0.3) is 0 Å². The Morgan fingerprint density at radius 2 is 1.44 bits per heavy atom. The first-order valence-electron chi connectivity index (χ1n) is 5.63. The molecule has 0 heterocycles. The van der Waals surface area contributed by atoms with Crippen molar-refractivity contribution < 1.29 is 10.0 Å². The van der Waals surface area contributed by atoms with Crippen LogP contribution in [-0.2, 0) is 0 Å². The highest BCUT2D eigenvalue weighted by molar-refractivity contribution is 6.92. The lowest BCUT2D eigenvalue weighted by Gasteiger charge is -2.37. The molecule has 0 aromatic heterocycles. The molecular weight excluding hydrogens is 215 g/mol. The van der Waals surface area contributed by atoms with Crippen LogP contribution in [0.2, 0.25) is 18.1 Å². The summed E-state index contributed by atoms with van der Waals surface area (Å²) < 4.78 is 0. The van der Waals surface area contributed by atoms with Gasteiger partial charge >= 0.3 is 7.12 Å². The summed E-state index contributed by atoms with van der Waals surface area (Å²) in [4.78, 5) is 0. The molecule has 0 radical (unpaired) electrons. The van der Waals surface area contributed by atoms with E-state index in [1.807, 2.05) is 12.1 Å². The second-order valence-electron chi connectivity index (χ2n) is 5.87. The molecule has 88 valence electrons. The minimum Gasteiger partial charge on any atom is -0.423 e. The van der Waals surface area contributed by atoms with Gasteiger partial charge in [-0.2, -0.15) is 0 Å². The van der Waals surface area contributed by atoms with Gasteiger partial charge in [-0.1, -0.05) is 63.3 Å². The zero-order valence-electron chi connectivity index (χ0n) is 10.8. The first-order valence-corrected chi connectivity index (χ1v) is 8.63. The molecule has 1 rings (SSSR count). The summed E-state index contributed by atoms with van der Waals surface area (Å²) >= 11 is 0. The maximum absolute atomic E-state index is 9.04. The van der Waals surface area contributed by atoms with E-state index in [4.69, 9.17) is 10.0 Å². The first-order chi connectivity index (χ1) is 7.16. The lowest BCUT2D eigenvalue weighted by atomic mass is 9.81. The minimum atomic E-state index is -1.50. The Hall–Kier alpha value is -0.578. The van der Waals surface area contributed by atoms with E-state index in [1.165, 1.54) is 5.19 Å². The predicted octanol–water partition coefficient (Wildman–Crippen LogP) is 1.08. The fourth-order valence-electron chi connectivity index (χ4n) is 1.50. The normalized spacial score (nSPS) is 12.7. The van der Waals surface area contributed by atoms with Crippen molar-refractivity contribution in [2.24, 2.45) is 0 Å². The monoisotopic (exact) mass is 236 g/mol. The minimum absolute atomic E-state index is 0.298. The van der Waals surface area contributed by atoms with E-state index in [1.54, 1.807) is 12.1 Å². The second kappa shape index (κ2) is 4.36. The molecule has 0 aliphatic heterocycles. The van der Waals surface area contributed by atoms with Crippen LogP contribution in [0, 0.1) is 0 Å². The van der Waals surface area contributed by atoms with Crippen LogP contribution < -0.4 is 10.6 Å². The summed E-state index contributed by atoms with van der Waals surface area (Å²) in [5.41, 5.74) is 0.558. The predicted molar refractivity (Wildman–Crippen MR) is 73.1 cm³/mol. The van der Waals surface area contributed by atoms with Crippen LogP contribution in [0.15, 0.2) is 24.3 Å². The highest BCUT2D eigenvalue weighted by Crippen LogP contribution is 2.35. The molecule has 0 atom stereocenters. The molecule has 0 amide bonds. The van der Waals surface area contributed by atoms with Crippen LogP contribution in [0.4, 0.5) is 0 Å². The van der Waals surface area contributed by atoms with E-state index in [2.05, 4.69) is 33.9 Å². The van der Waals surface area contributed by atoms with Crippen LogP contribution in [0.5, 0.6) is 0 Å². The summed E-state index contributed by atoms with van der Waals surface area (Å²) in [5, 5.41) is 19.7. The van der Waals surface area contributed by atoms with Gasteiger partial charge in [0.2, 0.25) is 0 Å². The Kier molecular flexibility index (Phi) is 3.67. The SMILES string of the molecule is CC(C)(C)[Si](C)(C)c1ccc(B(O)O)cc1. The Morgan fingerprint density at radius 3 is 1.75 bits per heavy atom. The molecular formula is C12H21BO2Si. The zero-order valence-corrected chi connectivity index (χ0v) is 11.8. The Balaban J connectivity index is 3.07. The average molecular weight is 236 g/mol. The highest BCUT2D eigenvalue weighted by Gasteiger charge is 2.36. The highest BCUT2D eigenvalue weighted by atomic mass is 28.3. The summed E-state index contributed by atoms with van der Waals surface area (Å²) in [6, 6.07) is 7.68. The molecule has 2 nitrogen and oxygen atoms in total. The maximum Gasteiger partial charge on any atom is 0.488 e. The van der Waals surface area contributed by atoms with Gasteiger partial charge in [0.1, 0.15) is 0 Å². The molecule has 0 fully saturated rings. The van der Waals surface area contributed by atoms with Gasteiger partial charge in [0, 0.05) is 0 Å². The van der Waals surface area contributed by atoms with E-state index in [9.17, 15) is 0 Å². The summed E-state index contributed by atoms with van der Waals surface area (Å²) in [5.74, 6) is 0. The fraction of sp³-hybridized carbons (Fsp3) is 0.500. The number of hydrogen-bond acceptors (Lipinski definition) is 2. The lowest BCUT2D eigenvalue weighted by Crippen LogP contribution is -2.49. The van der Waals surface area contributed by atoms with Crippen molar-refractivity contribution in [1.82, 2.24) is 0 Å². The standard InChI is InChI=1S/C12H21BO2Si/c1-12(2,3)16(4,5)11-8-6-10(7-9-11)13(14)15/h6-9,14-15H,1-5H3. The van der Waals surface area contributed by atoms with Gasteiger partial charge in [0.25, 0.3) is 0 Å². The molecule has 0 saturated carbocycles. The largest absolute Gasteiger partial charge is 0.488 e. The van der Waals surface area contributed by atoms with Crippen molar-refractivity contribution in [3.63, 3.8) is 0 Å². The quantitative estimate of drug-likeness (QED) is 0.754. The fourth-order valence-corrected chi connectivity index (χ4v) is 3.37. The van der Waals surface area contributed by atoms with E-state index < -0.39 is 15.2 Å². The van der Waals surface area contributed by atoms with Crippen molar-refractivity contribution in [2.45, 2.75) is 38.9 Å². The third-order valence-electron chi connectivity index (χ3n) is 3.81. The van der Waals surface area contributed by atoms with Gasteiger partial charge in [-0.3, -0.25) is 0 Å². The van der Waals surface area contributed by atoms with Crippen molar-refractivity contribution >= 4 is 25.8 Å². The Morgan fingerprint density at radius 1 is 1.00 bits per heavy atom. The van der Waals surface area contributed by atoms with Crippen molar-refractivity contribution in [1.29, 1.82) is 0 Å². The molecule has 1 aromatic carbocycles. The maximum atomic E-state index is 9.04. The summed E-state index contributed by atoms with van der Waals surface area (Å²) in [6.45, 7) is 11.5. The summed E-state index contributed by atoms with van der Waals surface area (Å²) in [6.07, 6.45) is 0. The van der Waals surface area contributed by atoms with Crippen molar-refractivity contribution in [3.05, 3.63) is 24.3 Å². The van der Waals surface area contributed by atoms with Gasteiger partial charge in [-0.05, 0) is 10.5 Å². The van der Waals surface area contributed by atoms with Gasteiger partial charge in [-0.15, -0.1) is 0 Å². The Bertz CT molecular complexity index is 352. The number of hydrogen-bond donors (Lipinski definition) is 2. The van der Waals surface area contributed by atoms with E-state index in [0.717, 1.165) is 0 Å². The van der Waals surface area contributed by atoms with Crippen LogP contribution >= 0.6 is 0 Å². The molecule has 0 saturated heterocycles. The molecule has 16 heavy (non-hydrogen) atoms. The van der Waals surface area contributed by atoms with E-state index in [-0.39, 0.29) is 0 Å². The van der Waals surface area contributed by atoms with Crippen LogP contribution in [0.3, 0.4) is 0 Å². The van der Waals surface area contributed by atoms with E-state index in [0.29, 0.717) is 10.5 Å². The number of rotatable bonds is 2. The van der Waals surface area contributed by atoms with Gasteiger partial charge < -0.3 is 10.0 Å².